The van der Waals surface area contributed by atoms with Gasteiger partial charge in [0.1, 0.15) is 0 Å². The third-order valence-corrected chi connectivity index (χ3v) is 4.38. The van der Waals surface area contributed by atoms with Crippen LogP contribution in [0.2, 0.25) is 0 Å². The number of rotatable bonds is 8. The molecule has 7 heteroatoms. The van der Waals surface area contributed by atoms with Gasteiger partial charge in [-0.05, 0) is 12.8 Å². The maximum Gasteiger partial charge on any atom is 0.304 e. The van der Waals surface area contributed by atoms with E-state index < -0.39 is 5.41 Å². The van der Waals surface area contributed by atoms with E-state index in [1.54, 1.807) is 5.38 Å². The van der Waals surface area contributed by atoms with Gasteiger partial charge in [-0.15, -0.1) is 0 Å². The van der Waals surface area contributed by atoms with E-state index in [9.17, 15) is 9.59 Å². The number of aromatic amines is 1. The third kappa shape index (κ3) is 3.89. The molecule has 1 rings (SSSR count). The lowest BCUT2D eigenvalue weighted by Crippen LogP contribution is -2.48. The van der Waals surface area contributed by atoms with Crippen molar-refractivity contribution in [2.75, 3.05) is 0 Å². The smallest absolute Gasteiger partial charge is 0.304 e. The Hall–Kier alpha value is -1.21. The molecule has 1 aromatic rings. The van der Waals surface area contributed by atoms with Gasteiger partial charge >= 0.3 is 4.87 Å². The summed E-state index contributed by atoms with van der Waals surface area (Å²) < 4.78 is 0. The topological polar surface area (TPSA) is 88.0 Å². The lowest BCUT2D eigenvalue weighted by molar-refractivity contribution is -0.128. The fourth-order valence-corrected chi connectivity index (χ4v) is 3.19. The Kier molecular flexibility index (Phi) is 6.35. The van der Waals surface area contributed by atoms with Crippen LogP contribution in [0.1, 0.15) is 45.2 Å². The second kappa shape index (κ2) is 7.54. The van der Waals surface area contributed by atoms with Gasteiger partial charge in [0, 0.05) is 11.1 Å². The monoisotopic (exact) mass is 315 g/mol. The SMILES string of the molecule is CCCC(CCC)(C(=O)NCc1csc(=O)[nH]1)C(N)=S. The fraction of sp³-hybridized carbons (Fsp3) is 0.615. The van der Waals surface area contributed by atoms with Crippen LogP contribution in [0.5, 0.6) is 0 Å². The lowest BCUT2D eigenvalue weighted by atomic mass is 9.78. The number of thiocarbonyl (C=S) groups is 1. The molecule has 0 bridgehead atoms. The standard InChI is InChI=1S/C13H21N3O2S2/c1-3-5-13(6-4-2,10(14)19)11(17)15-7-9-8-20-12(18)16-9/h8H,3-7H2,1-2H3,(H2,14,19)(H,15,17)(H,16,18). The average molecular weight is 315 g/mol. The molecule has 0 spiro atoms. The van der Waals surface area contributed by atoms with Gasteiger partial charge in [0.25, 0.3) is 0 Å². The van der Waals surface area contributed by atoms with Crippen LogP contribution in [0.4, 0.5) is 0 Å². The van der Waals surface area contributed by atoms with E-state index in [4.69, 9.17) is 18.0 Å². The normalized spacial score (nSPS) is 11.3. The highest BCUT2D eigenvalue weighted by molar-refractivity contribution is 7.80. The van der Waals surface area contributed by atoms with Gasteiger partial charge in [-0.1, -0.05) is 50.2 Å². The number of carbonyl (C=O) groups is 1. The molecule has 0 aliphatic heterocycles. The molecule has 20 heavy (non-hydrogen) atoms. The van der Waals surface area contributed by atoms with Gasteiger partial charge in [-0.25, -0.2) is 0 Å². The highest BCUT2D eigenvalue weighted by atomic mass is 32.1. The average Bonchev–Trinajstić information content (AvgIpc) is 2.81. The first-order valence-corrected chi connectivity index (χ1v) is 8.00. The minimum atomic E-state index is -0.783. The molecule has 0 saturated carbocycles. The van der Waals surface area contributed by atoms with Gasteiger partial charge in [0.15, 0.2) is 0 Å². The number of H-pyrrole nitrogens is 1. The second-order valence-corrected chi connectivity index (χ2v) is 6.08. The molecule has 112 valence electrons. The Balaban J connectivity index is 2.81. The van der Waals surface area contributed by atoms with E-state index in [0.717, 1.165) is 24.2 Å². The summed E-state index contributed by atoms with van der Waals surface area (Å²) in [6.07, 6.45) is 2.95. The first kappa shape index (κ1) is 16.8. The summed E-state index contributed by atoms with van der Waals surface area (Å²) in [4.78, 5) is 26.3. The molecule has 0 saturated heterocycles. The maximum absolute atomic E-state index is 12.5. The Morgan fingerprint density at radius 1 is 1.45 bits per heavy atom. The summed E-state index contributed by atoms with van der Waals surface area (Å²) in [7, 11) is 0. The van der Waals surface area contributed by atoms with E-state index in [1.165, 1.54) is 0 Å². The summed E-state index contributed by atoms with van der Waals surface area (Å²) in [6, 6.07) is 0. The quantitative estimate of drug-likeness (QED) is 0.640. The summed E-state index contributed by atoms with van der Waals surface area (Å²) >= 11 is 6.21. The van der Waals surface area contributed by atoms with Crippen molar-refractivity contribution in [3.8, 4) is 0 Å². The molecular weight excluding hydrogens is 294 g/mol. The number of amides is 1. The van der Waals surface area contributed by atoms with Crippen molar-refractivity contribution >= 4 is 34.5 Å². The van der Waals surface area contributed by atoms with Crippen LogP contribution in [0.3, 0.4) is 0 Å². The van der Waals surface area contributed by atoms with Crippen LogP contribution < -0.4 is 15.9 Å². The van der Waals surface area contributed by atoms with Crippen molar-refractivity contribution in [3.63, 3.8) is 0 Å². The molecule has 0 aliphatic rings. The van der Waals surface area contributed by atoms with E-state index in [-0.39, 0.29) is 22.3 Å². The zero-order valence-electron chi connectivity index (χ0n) is 11.8. The summed E-state index contributed by atoms with van der Waals surface area (Å²) in [5.41, 5.74) is 5.74. The van der Waals surface area contributed by atoms with Crippen molar-refractivity contribution < 1.29 is 4.79 Å². The Morgan fingerprint density at radius 3 is 2.45 bits per heavy atom. The van der Waals surface area contributed by atoms with E-state index in [1.807, 2.05) is 13.8 Å². The van der Waals surface area contributed by atoms with Crippen molar-refractivity contribution in [3.05, 3.63) is 20.7 Å². The molecule has 0 radical (unpaired) electrons. The van der Waals surface area contributed by atoms with E-state index in [2.05, 4.69) is 10.3 Å². The predicted molar refractivity (Wildman–Crippen MR) is 85.8 cm³/mol. The van der Waals surface area contributed by atoms with E-state index in [0.29, 0.717) is 18.5 Å². The number of carbonyl (C=O) groups excluding carboxylic acids is 1. The predicted octanol–water partition coefficient (Wildman–Crippen LogP) is 1.93. The third-order valence-electron chi connectivity index (χ3n) is 3.27. The number of aromatic nitrogens is 1. The highest BCUT2D eigenvalue weighted by Gasteiger charge is 2.39. The molecule has 0 unspecified atom stereocenters. The van der Waals surface area contributed by atoms with Crippen molar-refractivity contribution in [2.24, 2.45) is 11.1 Å². The highest BCUT2D eigenvalue weighted by Crippen LogP contribution is 2.31. The molecule has 1 amide bonds. The maximum atomic E-state index is 12.5. The van der Waals surface area contributed by atoms with Crippen LogP contribution in [0.15, 0.2) is 10.2 Å². The minimum absolute atomic E-state index is 0.128. The van der Waals surface area contributed by atoms with Crippen molar-refractivity contribution in [2.45, 2.75) is 46.1 Å². The molecule has 5 nitrogen and oxygen atoms in total. The molecule has 0 fully saturated rings. The van der Waals surface area contributed by atoms with Crippen molar-refractivity contribution in [1.82, 2.24) is 10.3 Å². The first-order chi connectivity index (χ1) is 9.46. The van der Waals surface area contributed by atoms with Crippen molar-refractivity contribution in [1.29, 1.82) is 0 Å². The van der Waals surface area contributed by atoms with Gasteiger partial charge in [0.05, 0.1) is 16.9 Å². The molecule has 0 aliphatic carbocycles. The number of thiazole rings is 1. The van der Waals surface area contributed by atoms with Gasteiger partial charge in [0.2, 0.25) is 5.91 Å². The van der Waals surface area contributed by atoms with Crippen LogP contribution in [-0.4, -0.2) is 15.9 Å². The van der Waals surface area contributed by atoms with Gasteiger partial charge < -0.3 is 16.0 Å². The molecule has 0 aromatic carbocycles. The summed E-state index contributed by atoms with van der Waals surface area (Å²) in [5.74, 6) is -0.152. The Labute approximate surface area is 128 Å². The minimum Gasteiger partial charge on any atom is -0.392 e. The number of nitrogens with one attached hydrogen (secondary N) is 2. The van der Waals surface area contributed by atoms with Crippen LogP contribution >= 0.6 is 23.6 Å². The second-order valence-electron chi connectivity index (χ2n) is 4.80. The van der Waals surface area contributed by atoms with Gasteiger partial charge in [-0.3, -0.25) is 9.59 Å². The Bertz CT molecular complexity index is 516. The van der Waals surface area contributed by atoms with Gasteiger partial charge in [-0.2, -0.15) is 0 Å². The summed E-state index contributed by atoms with van der Waals surface area (Å²) in [5, 5.41) is 4.53. The molecular formula is C13H21N3O2S2. The Morgan fingerprint density at radius 2 is 2.05 bits per heavy atom. The first-order valence-electron chi connectivity index (χ1n) is 6.71. The number of hydrogen-bond donors (Lipinski definition) is 3. The van der Waals surface area contributed by atoms with Crippen LogP contribution in [-0.2, 0) is 11.3 Å². The molecule has 1 heterocycles. The zero-order valence-corrected chi connectivity index (χ0v) is 13.5. The fourth-order valence-electron chi connectivity index (χ4n) is 2.31. The molecule has 0 atom stereocenters. The van der Waals surface area contributed by atoms with Crippen LogP contribution in [0.25, 0.3) is 0 Å². The molecule has 4 N–H and O–H groups in total. The largest absolute Gasteiger partial charge is 0.392 e. The zero-order chi connectivity index (χ0) is 15.2. The number of nitrogens with two attached hydrogens (primary N) is 1. The lowest BCUT2D eigenvalue weighted by Gasteiger charge is -2.30. The van der Waals surface area contributed by atoms with E-state index >= 15 is 0 Å². The molecule has 1 aromatic heterocycles. The number of hydrogen-bond acceptors (Lipinski definition) is 4. The van der Waals surface area contributed by atoms with Crippen LogP contribution in [0, 0.1) is 5.41 Å². The summed E-state index contributed by atoms with van der Waals surface area (Å²) in [6.45, 7) is 4.30.